The Morgan fingerprint density at radius 3 is 2.75 bits per heavy atom. The molecule has 2 rings (SSSR count). The van der Waals surface area contributed by atoms with Crippen LogP contribution >= 0.6 is 0 Å². The summed E-state index contributed by atoms with van der Waals surface area (Å²) in [6, 6.07) is 3.77. The van der Waals surface area contributed by atoms with Crippen molar-refractivity contribution in [3.8, 4) is 0 Å². The number of fused-ring (bicyclic) bond motifs is 1. The van der Waals surface area contributed by atoms with Gasteiger partial charge >= 0.3 is 6.18 Å². The monoisotopic (exact) mass is 292 g/mol. The zero-order valence-electron chi connectivity index (χ0n) is 10.5. The third-order valence-corrected chi connectivity index (χ3v) is 2.66. The highest BCUT2D eigenvalue weighted by Gasteiger charge is 2.38. The molecule has 1 heterocycles. The first kappa shape index (κ1) is 14.7. The van der Waals surface area contributed by atoms with Crippen molar-refractivity contribution < 1.29 is 27.1 Å². The number of aromatic nitrogens is 1. The molecule has 0 spiro atoms. The van der Waals surface area contributed by atoms with Gasteiger partial charge < -0.3 is 9.52 Å². The van der Waals surface area contributed by atoms with Gasteiger partial charge in [0.2, 0.25) is 5.89 Å². The van der Waals surface area contributed by atoms with Crippen LogP contribution in [0.5, 0.6) is 0 Å². The van der Waals surface area contributed by atoms with Gasteiger partial charge in [-0.3, -0.25) is 4.90 Å². The molecular weight excluding hydrogens is 280 g/mol. The molecule has 1 N–H and O–H groups in total. The van der Waals surface area contributed by atoms with E-state index in [1.54, 1.807) is 0 Å². The van der Waals surface area contributed by atoms with Gasteiger partial charge in [0.25, 0.3) is 0 Å². The quantitative estimate of drug-likeness (QED) is 0.879. The molecular formula is C12H12F4N2O2. The van der Waals surface area contributed by atoms with Gasteiger partial charge in [0.05, 0.1) is 6.54 Å². The van der Waals surface area contributed by atoms with E-state index in [1.165, 1.54) is 30.1 Å². The fourth-order valence-corrected chi connectivity index (χ4v) is 1.71. The number of benzene rings is 1. The number of hydrogen-bond donors (Lipinski definition) is 1. The summed E-state index contributed by atoms with van der Waals surface area (Å²) in [4.78, 5) is 5.19. The van der Waals surface area contributed by atoms with Crippen LogP contribution in [-0.2, 0) is 6.54 Å². The van der Waals surface area contributed by atoms with E-state index in [-0.39, 0.29) is 12.4 Å². The molecule has 4 nitrogen and oxygen atoms in total. The first-order valence-electron chi connectivity index (χ1n) is 5.74. The van der Waals surface area contributed by atoms with Crippen LogP contribution in [0.1, 0.15) is 5.89 Å². The summed E-state index contributed by atoms with van der Waals surface area (Å²) in [5.74, 6) is -0.319. The average Bonchev–Trinajstić information content (AvgIpc) is 2.68. The standard InChI is InChI=1S/C12H12F4N2O2/c1-18(5-10(19)12(14,15)16)6-11-17-8-4-7(13)2-3-9(8)20-11/h2-4,10,19H,5-6H2,1H3. The van der Waals surface area contributed by atoms with Crippen LogP contribution in [0.15, 0.2) is 22.6 Å². The Balaban J connectivity index is 2.04. The van der Waals surface area contributed by atoms with Crippen molar-refractivity contribution in [1.29, 1.82) is 0 Å². The van der Waals surface area contributed by atoms with E-state index in [9.17, 15) is 17.6 Å². The summed E-state index contributed by atoms with van der Waals surface area (Å²) in [5.41, 5.74) is 0.649. The van der Waals surface area contributed by atoms with Gasteiger partial charge in [0, 0.05) is 12.6 Å². The van der Waals surface area contributed by atoms with Gasteiger partial charge in [-0.25, -0.2) is 9.37 Å². The predicted octanol–water partition coefficient (Wildman–Crippen LogP) is 2.32. The summed E-state index contributed by atoms with van der Waals surface area (Å²) in [6.07, 6.45) is -7.10. The van der Waals surface area contributed by atoms with E-state index < -0.39 is 24.6 Å². The number of alkyl halides is 3. The van der Waals surface area contributed by atoms with Crippen LogP contribution in [0, 0.1) is 5.82 Å². The Morgan fingerprint density at radius 1 is 1.40 bits per heavy atom. The molecule has 0 bridgehead atoms. The van der Waals surface area contributed by atoms with E-state index in [0.29, 0.717) is 11.1 Å². The van der Waals surface area contributed by atoms with Crippen LogP contribution in [0.4, 0.5) is 17.6 Å². The largest absolute Gasteiger partial charge is 0.439 e. The molecule has 0 radical (unpaired) electrons. The number of aliphatic hydroxyl groups excluding tert-OH is 1. The van der Waals surface area contributed by atoms with E-state index in [1.807, 2.05) is 0 Å². The van der Waals surface area contributed by atoms with Crippen LogP contribution in [0.25, 0.3) is 11.1 Å². The lowest BCUT2D eigenvalue weighted by Gasteiger charge is -2.20. The number of nitrogens with zero attached hydrogens (tertiary/aromatic N) is 2. The number of likely N-dealkylation sites (N-methyl/N-ethyl adjacent to an activating group) is 1. The number of rotatable bonds is 4. The second-order valence-corrected chi connectivity index (χ2v) is 4.47. The predicted molar refractivity (Wildman–Crippen MR) is 62.4 cm³/mol. The molecule has 0 saturated heterocycles. The van der Waals surface area contributed by atoms with Gasteiger partial charge in [0.1, 0.15) is 11.3 Å². The van der Waals surface area contributed by atoms with E-state index in [4.69, 9.17) is 9.52 Å². The summed E-state index contributed by atoms with van der Waals surface area (Å²) in [5, 5.41) is 8.94. The highest BCUT2D eigenvalue weighted by atomic mass is 19.4. The minimum Gasteiger partial charge on any atom is -0.439 e. The number of oxazole rings is 1. The second-order valence-electron chi connectivity index (χ2n) is 4.47. The zero-order valence-corrected chi connectivity index (χ0v) is 10.5. The maximum atomic E-state index is 13.0. The van der Waals surface area contributed by atoms with Crippen LogP contribution < -0.4 is 0 Å². The molecule has 0 fully saturated rings. The van der Waals surface area contributed by atoms with Crippen molar-refractivity contribution in [3.63, 3.8) is 0 Å². The molecule has 110 valence electrons. The van der Waals surface area contributed by atoms with Gasteiger partial charge in [-0.05, 0) is 19.2 Å². The van der Waals surface area contributed by atoms with Crippen molar-refractivity contribution in [2.24, 2.45) is 0 Å². The first-order chi connectivity index (χ1) is 9.25. The van der Waals surface area contributed by atoms with Gasteiger partial charge in [0.15, 0.2) is 11.7 Å². The Hall–Kier alpha value is -1.67. The SMILES string of the molecule is CN(Cc1nc2cc(F)ccc2o1)CC(O)C(F)(F)F. The number of hydrogen-bond acceptors (Lipinski definition) is 4. The lowest BCUT2D eigenvalue weighted by Crippen LogP contribution is -2.39. The molecule has 1 unspecified atom stereocenters. The van der Waals surface area contributed by atoms with E-state index in [0.717, 1.165) is 0 Å². The Bertz CT molecular complexity index is 597. The number of aliphatic hydroxyl groups is 1. The van der Waals surface area contributed by atoms with Gasteiger partial charge in [-0.15, -0.1) is 0 Å². The third-order valence-electron chi connectivity index (χ3n) is 2.66. The van der Waals surface area contributed by atoms with Crippen LogP contribution in [-0.4, -0.2) is 40.9 Å². The molecule has 2 aromatic rings. The summed E-state index contributed by atoms with van der Waals surface area (Å²) < 4.78 is 54.8. The Morgan fingerprint density at radius 2 is 2.10 bits per heavy atom. The van der Waals surface area contributed by atoms with Crippen LogP contribution in [0.3, 0.4) is 0 Å². The van der Waals surface area contributed by atoms with Crippen molar-refractivity contribution in [1.82, 2.24) is 9.88 Å². The van der Waals surface area contributed by atoms with Gasteiger partial charge in [-0.2, -0.15) is 13.2 Å². The van der Waals surface area contributed by atoms with E-state index >= 15 is 0 Å². The third kappa shape index (κ3) is 3.45. The van der Waals surface area contributed by atoms with Gasteiger partial charge in [-0.1, -0.05) is 0 Å². The molecule has 1 aromatic carbocycles. The molecule has 0 aliphatic carbocycles. The molecule has 0 amide bonds. The summed E-state index contributed by atoms with van der Waals surface area (Å²) in [7, 11) is 1.39. The fraction of sp³-hybridized carbons (Fsp3) is 0.417. The molecule has 20 heavy (non-hydrogen) atoms. The minimum absolute atomic E-state index is 0.0244. The molecule has 8 heteroatoms. The smallest absolute Gasteiger partial charge is 0.415 e. The van der Waals surface area contributed by atoms with E-state index in [2.05, 4.69) is 4.98 Å². The van der Waals surface area contributed by atoms with Crippen molar-refractivity contribution >= 4 is 11.1 Å². The fourth-order valence-electron chi connectivity index (χ4n) is 1.71. The minimum atomic E-state index is -4.67. The topological polar surface area (TPSA) is 49.5 Å². The maximum absolute atomic E-state index is 13.0. The molecule has 1 aromatic heterocycles. The first-order valence-corrected chi connectivity index (χ1v) is 5.74. The normalized spacial score (nSPS) is 14.2. The second kappa shape index (κ2) is 5.37. The maximum Gasteiger partial charge on any atom is 0.415 e. The molecule has 1 atom stereocenters. The Kier molecular flexibility index (Phi) is 3.96. The van der Waals surface area contributed by atoms with Crippen molar-refractivity contribution in [2.75, 3.05) is 13.6 Å². The zero-order chi connectivity index (χ0) is 14.9. The van der Waals surface area contributed by atoms with Crippen molar-refractivity contribution in [2.45, 2.75) is 18.8 Å². The molecule has 0 saturated carbocycles. The molecule has 0 aliphatic rings. The lowest BCUT2D eigenvalue weighted by atomic mass is 10.3. The van der Waals surface area contributed by atoms with Crippen molar-refractivity contribution in [3.05, 3.63) is 29.9 Å². The van der Waals surface area contributed by atoms with Crippen LogP contribution in [0.2, 0.25) is 0 Å². The average molecular weight is 292 g/mol. The lowest BCUT2D eigenvalue weighted by molar-refractivity contribution is -0.207. The molecule has 0 aliphatic heterocycles. The highest BCUT2D eigenvalue weighted by Crippen LogP contribution is 2.21. The number of halogens is 4. The summed E-state index contributed by atoms with van der Waals surface area (Å²) >= 11 is 0. The Labute approximate surface area is 111 Å². The highest BCUT2D eigenvalue weighted by molar-refractivity contribution is 5.72. The summed E-state index contributed by atoms with van der Waals surface area (Å²) in [6.45, 7) is -0.625.